The smallest absolute Gasteiger partial charge is 0.352 e. The zero-order valence-corrected chi connectivity index (χ0v) is 10.9. The summed E-state index contributed by atoms with van der Waals surface area (Å²) in [5.74, 6) is 0.632. The Balaban J connectivity index is 2.15. The molecule has 1 aliphatic heterocycles. The van der Waals surface area contributed by atoms with Crippen LogP contribution in [0.2, 0.25) is 0 Å². The molecule has 0 aromatic carbocycles. The van der Waals surface area contributed by atoms with E-state index in [0.29, 0.717) is 11.9 Å². The van der Waals surface area contributed by atoms with E-state index in [0.717, 1.165) is 44.6 Å². The Morgan fingerprint density at radius 2 is 2.16 bits per heavy atom. The third kappa shape index (κ3) is 3.37. The summed E-state index contributed by atoms with van der Waals surface area (Å²) in [6, 6.07) is 2.88. The minimum absolute atomic E-state index is 0.308. The first kappa shape index (κ1) is 14.1. The van der Waals surface area contributed by atoms with Crippen molar-refractivity contribution in [3.05, 3.63) is 23.9 Å². The molecule has 3 nitrogen and oxygen atoms in total. The lowest BCUT2D eigenvalue weighted by molar-refractivity contribution is -0.137. The maximum atomic E-state index is 12.5. The number of likely N-dealkylation sites (N-methyl/N-ethyl adjacent to an activating group) is 1. The maximum Gasteiger partial charge on any atom is 0.417 e. The van der Waals surface area contributed by atoms with Crippen molar-refractivity contribution in [2.45, 2.75) is 31.5 Å². The maximum absolute atomic E-state index is 12.5. The molecule has 1 fully saturated rings. The Hall–Kier alpha value is -1.30. The number of halogens is 3. The van der Waals surface area contributed by atoms with E-state index in [4.69, 9.17) is 0 Å². The molecule has 1 saturated heterocycles. The molecule has 2 rings (SSSR count). The lowest BCUT2D eigenvalue weighted by Crippen LogP contribution is -2.45. The summed E-state index contributed by atoms with van der Waals surface area (Å²) in [6.07, 6.45) is -0.145. The molecule has 0 bridgehead atoms. The predicted molar refractivity (Wildman–Crippen MR) is 68.2 cm³/mol. The normalized spacial score (nSPS) is 20.6. The topological polar surface area (TPSA) is 28.2 Å². The lowest BCUT2D eigenvalue weighted by atomic mass is 10.0. The summed E-state index contributed by atoms with van der Waals surface area (Å²) in [7, 11) is 1.88. The van der Waals surface area contributed by atoms with Gasteiger partial charge < -0.3 is 10.2 Å². The average molecular weight is 273 g/mol. The molecule has 1 aromatic rings. The van der Waals surface area contributed by atoms with Crippen LogP contribution >= 0.6 is 0 Å². The van der Waals surface area contributed by atoms with Crippen LogP contribution in [0.4, 0.5) is 19.0 Å². The van der Waals surface area contributed by atoms with Gasteiger partial charge in [0.1, 0.15) is 5.82 Å². The van der Waals surface area contributed by atoms with Gasteiger partial charge in [-0.3, -0.25) is 0 Å². The summed E-state index contributed by atoms with van der Waals surface area (Å²) in [6.45, 7) is 1.67. The van der Waals surface area contributed by atoms with Crippen LogP contribution in [0.1, 0.15) is 24.8 Å². The number of alkyl halides is 3. The van der Waals surface area contributed by atoms with Crippen molar-refractivity contribution in [3.8, 4) is 0 Å². The number of pyridine rings is 1. The van der Waals surface area contributed by atoms with Crippen molar-refractivity contribution in [2.24, 2.45) is 0 Å². The van der Waals surface area contributed by atoms with Crippen LogP contribution in [0.3, 0.4) is 0 Å². The van der Waals surface area contributed by atoms with Crippen LogP contribution in [-0.2, 0) is 6.18 Å². The molecule has 0 radical (unpaired) electrons. The predicted octanol–water partition coefficient (Wildman–Crippen LogP) is 2.68. The Morgan fingerprint density at radius 1 is 1.37 bits per heavy atom. The van der Waals surface area contributed by atoms with E-state index in [1.807, 2.05) is 7.05 Å². The molecule has 0 spiro atoms. The third-order valence-corrected chi connectivity index (χ3v) is 3.44. The van der Waals surface area contributed by atoms with Gasteiger partial charge in [-0.15, -0.1) is 0 Å². The van der Waals surface area contributed by atoms with Gasteiger partial charge in [0, 0.05) is 25.3 Å². The van der Waals surface area contributed by atoms with Crippen LogP contribution in [-0.4, -0.2) is 31.2 Å². The Morgan fingerprint density at radius 3 is 2.74 bits per heavy atom. The molecule has 1 atom stereocenters. The number of nitrogens with zero attached hydrogens (tertiary/aromatic N) is 2. The molecule has 6 heteroatoms. The van der Waals surface area contributed by atoms with E-state index >= 15 is 0 Å². The molecule has 0 amide bonds. The van der Waals surface area contributed by atoms with Crippen molar-refractivity contribution < 1.29 is 13.2 Å². The van der Waals surface area contributed by atoms with Crippen molar-refractivity contribution >= 4 is 5.82 Å². The van der Waals surface area contributed by atoms with E-state index in [1.54, 1.807) is 0 Å². The number of hydrogen-bond donors (Lipinski definition) is 1. The van der Waals surface area contributed by atoms with Crippen LogP contribution in [0.5, 0.6) is 0 Å². The highest BCUT2D eigenvalue weighted by Crippen LogP contribution is 2.30. The molecule has 1 unspecified atom stereocenters. The van der Waals surface area contributed by atoms with Gasteiger partial charge >= 0.3 is 6.18 Å². The van der Waals surface area contributed by atoms with Gasteiger partial charge in [-0.05, 0) is 38.4 Å². The fourth-order valence-electron chi connectivity index (χ4n) is 2.47. The highest BCUT2D eigenvalue weighted by Gasteiger charge is 2.31. The fraction of sp³-hybridized carbons (Fsp3) is 0.615. The number of hydrogen-bond acceptors (Lipinski definition) is 3. The average Bonchev–Trinajstić information content (AvgIpc) is 2.39. The second kappa shape index (κ2) is 5.77. The Bertz CT molecular complexity index is 401. The number of nitrogens with one attached hydrogen (secondary N) is 1. The van der Waals surface area contributed by atoms with Gasteiger partial charge in [-0.1, -0.05) is 0 Å². The molecule has 1 aromatic heterocycles. The molecular weight excluding hydrogens is 255 g/mol. The van der Waals surface area contributed by atoms with Crippen molar-refractivity contribution in [2.75, 3.05) is 25.0 Å². The first-order valence-corrected chi connectivity index (χ1v) is 6.47. The van der Waals surface area contributed by atoms with Gasteiger partial charge in [-0.2, -0.15) is 13.2 Å². The first-order chi connectivity index (χ1) is 9.02. The summed E-state index contributed by atoms with van der Waals surface area (Å²) in [5, 5.41) is 3.12. The summed E-state index contributed by atoms with van der Waals surface area (Å²) < 4.78 is 37.5. The summed E-state index contributed by atoms with van der Waals surface area (Å²) in [4.78, 5) is 6.08. The monoisotopic (exact) mass is 273 g/mol. The SMILES string of the molecule is CNCC1CCCCN1c1ccc(C(F)(F)F)cn1. The van der Waals surface area contributed by atoms with E-state index in [2.05, 4.69) is 15.2 Å². The molecule has 106 valence electrons. The van der Waals surface area contributed by atoms with Crippen molar-refractivity contribution in [1.82, 2.24) is 10.3 Å². The third-order valence-electron chi connectivity index (χ3n) is 3.44. The van der Waals surface area contributed by atoms with Gasteiger partial charge in [0.2, 0.25) is 0 Å². The number of rotatable bonds is 3. The van der Waals surface area contributed by atoms with Gasteiger partial charge in [0.05, 0.1) is 5.56 Å². The summed E-state index contributed by atoms with van der Waals surface area (Å²) >= 11 is 0. The zero-order chi connectivity index (χ0) is 13.9. The summed E-state index contributed by atoms with van der Waals surface area (Å²) in [5.41, 5.74) is -0.696. The minimum atomic E-state index is -4.32. The lowest BCUT2D eigenvalue weighted by Gasteiger charge is -2.36. The quantitative estimate of drug-likeness (QED) is 0.917. The molecule has 0 aliphatic carbocycles. The largest absolute Gasteiger partial charge is 0.417 e. The van der Waals surface area contributed by atoms with Crippen LogP contribution in [0.15, 0.2) is 18.3 Å². The molecule has 2 heterocycles. The van der Waals surface area contributed by atoms with Crippen LogP contribution in [0, 0.1) is 0 Å². The van der Waals surface area contributed by atoms with E-state index < -0.39 is 11.7 Å². The van der Waals surface area contributed by atoms with Crippen molar-refractivity contribution in [3.63, 3.8) is 0 Å². The van der Waals surface area contributed by atoms with E-state index in [-0.39, 0.29) is 0 Å². The van der Waals surface area contributed by atoms with E-state index in [1.165, 1.54) is 6.07 Å². The molecule has 1 aliphatic rings. The fourth-order valence-corrected chi connectivity index (χ4v) is 2.47. The van der Waals surface area contributed by atoms with E-state index in [9.17, 15) is 13.2 Å². The van der Waals surface area contributed by atoms with Crippen LogP contribution < -0.4 is 10.2 Å². The van der Waals surface area contributed by atoms with Gasteiger partial charge in [0.25, 0.3) is 0 Å². The molecule has 19 heavy (non-hydrogen) atoms. The number of piperidine rings is 1. The molecule has 0 saturated carbocycles. The van der Waals surface area contributed by atoms with Crippen molar-refractivity contribution in [1.29, 1.82) is 0 Å². The molecule has 1 N–H and O–H groups in total. The Labute approximate surface area is 110 Å². The highest BCUT2D eigenvalue weighted by molar-refractivity contribution is 5.41. The minimum Gasteiger partial charge on any atom is -0.352 e. The second-order valence-corrected chi connectivity index (χ2v) is 4.80. The Kier molecular flexibility index (Phi) is 4.29. The number of anilines is 1. The van der Waals surface area contributed by atoms with Gasteiger partial charge in [0.15, 0.2) is 0 Å². The first-order valence-electron chi connectivity index (χ1n) is 6.47. The van der Waals surface area contributed by atoms with Gasteiger partial charge in [-0.25, -0.2) is 4.98 Å². The standard InChI is InChI=1S/C13H18F3N3/c1-17-9-11-4-2-3-7-19(11)12-6-5-10(8-18-12)13(14,15)16/h5-6,8,11,17H,2-4,7,9H2,1H3. The second-order valence-electron chi connectivity index (χ2n) is 4.80. The molecular formula is C13H18F3N3. The number of aromatic nitrogens is 1. The zero-order valence-electron chi connectivity index (χ0n) is 10.9. The van der Waals surface area contributed by atoms with Crippen LogP contribution in [0.25, 0.3) is 0 Å². The highest BCUT2D eigenvalue weighted by atomic mass is 19.4.